The van der Waals surface area contributed by atoms with Gasteiger partial charge in [-0.05, 0) is 38.1 Å². The molecule has 0 radical (unpaired) electrons. The number of aryl methyl sites for hydroxylation is 1. The molecule has 3 N–H and O–H groups in total. The molecule has 21 heavy (non-hydrogen) atoms. The van der Waals surface area contributed by atoms with Gasteiger partial charge in [0, 0.05) is 5.69 Å². The van der Waals surface area contributed by atoms with Crippen molar-refractivity contribution in [3.05, 3.63) is 53.7 Å². The smallest absolute Gasteiger partial charge is 0.315 e. The van der Waals surface area contributed by atoms with Crippen LogP contribution in [0.3, 0.4) is 0 Å². The summed E-state index contributed by atoms with van der Waals surface area (Å²) in [5.41, 5.74) is 0.431. The standard InChI is InChI=1S/C15H19N3O3/c1-11-5-3-6-12(18-11)9-16-14(19)17-10-15(2,20)13-7-4-8-21-13/h3-8,20H,9-10H2,1-2H3,(H2,16,17,19). The molecule has 0 aliphatic rings. The van der Waals surface area contributed by atoms with Crippen LogP contribution in [0.25, 0.3) is 0 Å². The van der Waals surface area contributed by atoms with Gasteiger partial charge in [-0.15, -0.1) is 0 Å². The fourth-order valence-electron chi connectivity index (χ4n) is 1.86. The van der Waals surface area contributed by atoms with Gasteiger partial charge in [0.1, 0.15) is 11.4 Å². The van der Waals surface area contributed by atoms with E-state index in [2.05, 4.69) is 15.6 Å². The fraction of sp³-hybridized carbons (Fsp3) is 0.333. The number of aliphatic hydroxyl groups is 1. The van der Waals surface area contributed by atoms with Crippen molar-refractivity contribution in [2.45, 2.75) is 26.0 Å². The average molecular weight is 289 g/mol. The van der Waals surface area contributed by atoms with E-state index in [1.54, 1.807) is 19.1 Å². The zero-order valence-corrected chi connectivity index (χ0v) is 12.1. The van der Waals surface area contributed by atoms with Crippen LogP contribution in [0.1, 0.15) is 24.1 Å². The van der Waals surface area contributed by atoms with E-state index in [4.69, 9.17) is 4.42 Å². The summed E-state index contributed by atoms with van der Waals surface area (Å²) in [7, 11) is 0. The quantitative estimate of drug-likeness (QED) is 0.781. The molecule has 2 aromatic heterocycles. The highest BCUT2D eigenvalue weighted by Crippen LogP contribution is 2.19. The molecule has 2 rings (SSSR count). The van der Waals surface area contributed by atoms with Crippen LogP contribution in [0.2, 0.25) is 0 Å². The maximum absolute atomic E-state index is 11.7. The number of amides is 2. The maximum Gasteiger partial charge on any atom is 0.315 e. The number of rotatable bonds is 5. The average Bonchev–Trinajstić information content (AvgIpc) is 2.98. The van der Waals surface area contributed by atoms with Gasteiger partial charge in [0.05, 0.1) is 25.0 Å². The van der Waals surface area contributed by atoms with Gasteiger partial charge in [-0.3, -0.25) is 4.98 Å². The Labute approximate surface area is 123 Å². The molecule has 0 saturated carbocycles. The number of pyridine rings is 1. The number of nitrogens with one attached hydrogen (secondary N) is 2. The molecule has 1 unspecified atom stereocenters. The molecule has 1 atom stereocenters. The molecule has 0 fully saturated rings. The molecule has 6 heteroatoms. The number of aromatic nitrogens is 1. The van der Waals surface area contributed by atoms with E-state index in [-0.39, 0.29) is 12.6 Å². The molecule has 0 aromatic carbocycles. The Hall–Kier alpha value is -2.34. The number of nitrogens with zero attached hydrogens (tertiary/aromatic N) is 1. The third-order valence-electron chi connectivity index (χ3n) is 3.02. The molecule has 2 aromatic rings. The Morgan fingerprint density at radius 1 is 1.33 bits per heavy atom. The van der Waals surface area contributed by atoms with Crippen LogP contribution in [-0.2, 0) is 12.1 Å². The molecule has 112 valence electrons. The second kappa shape index (κ2) is 6.41. The summed E-state index contributed by atoms with van der Waals surface area (Å²) in [4.78, 5) is 16.0. The number of hydrogen-bond acceptors (Lipinski definition) is 4. The molecule has 2 heterocycles. The Bertz CT molecular complexity index is 594. The summed E-state index contributed by atoms with van der Waals surface area (Å²) < 4.78 is 5.14. The van der Waals surface area contributed by atoms with Crippen molar-refractivity contribution < 1.29 is 14.3 Å². The van der Waals surface area contributed by atoms with E-state index >= 15 is 0 Å². The first kappa shape index (κ1) is 15.1. The monoisotopic (exact) mass is 289 g/mol. The zero-order chi connectivity index (χ0) is 15.3. The third-order valence-corrected chi connectivity index (χ3v) is 3.02. The Morgan fingerprint density at radius 3 is 2.81 bits per heavy atom. The van der Waals surface area contributed by atoms with Crippen molar-refractivity contribution >= 4 is 6.03 Å². The van der Waals surface area contributed by atoms with E-state index in [0.717, 1.165) is 11.4 Å². The van der Waals surface area contributed by atoms with Crippen LogP contribution in [0.4, 0.5) is 4.79 Å². The number of carbonyl (C=O) groups is 1. The van der Waals surface area contributed by atoms with Gasteiger partial charge in [-0.1, -0.05) is 6.07 Å². The second-order valence-electron chi connectivity index (χ2n) is 5.06. The van der Waals surface area contributed by atoms with Crippen molar-refractivity contribution in [1.82, 2.24) is 15.6 Å². The number of furan rings is 1. The lowest BCUT2D eigenvalue weighted by Crippen LogP contribution is -2.43. The van der Waals surface area contributed by atoms with Crippen LogP contribution in [0.5, 0.6) is 0 Å². The van der Waals surface area contributed by atoms with Gasteiger partial charge in [0.15, 0.2) is 0 Å². The molecule has 0 aliphatic heterocycles. The Morgan fingerprint density at radius 2 is 2.14 bits per heavy atom. The minimum Gasteiger partial charge on any atom is -0.466 e. The SMILES string of the molecule is Cc1cccc(CNC(=O)NCC(C)(O)c2ccco2)n1. The first-order chi connectivity index (χ1) is 9.97. The van der Waals surface area contributed by atoms with Gasteiger partial charge in [-0.25, -0.2) is 4.79 Å². The van der Waals surface area contributed by atoms with Crippen LogP contribution in [0.15, 0.2) is 41.0 Å². The number of urea groups is 1. The minimum absolute atomic E-state index is 0.0492. The first-order valence-corrected chi connectivity index (χ1v) is 6.68. The van der Waals surface area contributed by atoms with E-state index in [1.165, 1.54) is 6.26 Å². The summed E-state index contributed by atoms with van der Waals surface area (Å²) in [5, 5.41) is 15.5. The molecule has 2 amide bonds. The van der Waals surface area contributed by atoms with Crippen LogP contribution in [-0.4, -0.2) is 22.7 Å². The topological polar surface area (TPSA) is 87.4 Å². The van der Waals surface area contributed by atoms with Gasteiger partial charge >= 0.3 is 6.03 Å². The molecular weight excluding hydrogens is 270 g/mol. The van der Waals surface area contributed by atoms with Crippen molar-refractivity contribution in [3.63, 3.8) is 0 Å². The summed E-state index contributed by atoms with van der Waals surface area (Å²) >= 11 is 0. The molecular formula is C15H19N3O3. The third kappa shape index (κ3) is 4.32. The number of carbonyl (C=O) groups excluding carboxylic acids is 1. The number of hydrogen-bond donors (Lipinski definition) is 3. The summed E-state index contributed by atoms with van der Waals surface area (Å²) in [6, 6.07) is 8.60. The van der Waals surface area contributed by atoms with Gasteiger partial charge in [0.2, 0.25) is 0 Å². The first-order valence-electron chi connectivity index (χ1n) is 6.68. The second-order valence-corrected chi connectivity index (χ2v) is 5.06. The maximum atomic E-state index is 11.7. The Balaban J connectivity index is 1.80. The van der Waals surface area contributed by atoms with E-state index in [9.17, 15) is 9.90 Å². The molecule has 0 aliphatic carbocycles. The van der Waals surface area contributed by atoms with E-state index in [0.29, 0.717) is 12.3 Å². The normalized spacial score (nSPS) is 13.5. The van der Waals surface area contributed by atoms with Crippen LogP contribution in [0, 0.1) is 6.92 Å². The Kier molecular flexibility index (Phi) is 4.59. The lowest BCUT2D eigenvalue weighted by molar-refractivity contribution is 0.0367. The van der Waals surface area contributed by atoms with Crippen LogP contribution >= 0.6 is 0 Å². The molecule has 0 bridgehead atoms. The van der Waals surface area contributed by atoms with E-state index < -0.39 is 5.60 Å². The molecule has 0 spiro atoms. The molecule has 6 nitrogen and oxygen atoms in total. The highest BCUT2D eigenvalue weighted by Gasteiger charge is 2.26. The van der Waals surface area contributed by atoms with Crippen molar-refractivity contribution in [2.75, 3.05) is 6.54 Å². The summed E-state index contributed by atoms with van der Waals surface area (Å²) in [5.74, 6) is 0.406. The largest absolute Gasteiger partial charge is 0.466 e. The van der Waals surface area contributed by atoms with Gasteiger partial charge in [-0.2, -0.15) is 0 Å². The lowest BCUT2D eigenvalue weighted by atomic mass is 10.0. The van der Waals surface area contributed by atoms with Gasteiger partial charge < -0.3 is 20.2 Å². The highest BCUT2D eigenvalue weighted by molar-refractivity contribution is 5.73. The van der Waals surface area contributed by atoms with Crippen LogP contribution < -0.4 is 10.6 Å². The van der Waals surface area contributed by atoms with Gasteiger partial charge in [0.25, 0.3) is 0 Å². The van der Waals surface area contributed by atoms with Crippen molar-refractivity contribution in [3.8, 4) is 0 Å². The summed E-state index contributed by atoms with van der Waals surface area (Å²) in [6.45, 7) is 3.85. The van der Waals surface area contributed by atoms with Crippen molar-refractivity contribution in [2.24, 2.45) is 0 Å². The fourth-order valence-corrected chi connectivity index (χ4v) is 1.86. The van der Waals surface area contributed by atoms with Crippen molar-refractivity contribution in [1.29, 1.82) is 0 Å². The zero-order valence-electron chi connectivity index (χ0n) is 12.1. The summed E-state index contributed by atoms with van der Waals surface area (Å²) in [6.07, 6.45) is 1.48. The molecule has 0 saturated heterocycles. The predicted octanol–water partition coefficient (Wildman–Crippen LogP) is 1.69. The lowest BCUT2D eigenvalue weighted by Gasteiger charge is -2.21. The highest BCUT2D eigenvalue weighted by atomic mass is 16.4. The minimum atomic E-state index is -1.25. The van der Waals surface area contributed by atoms with E-state index in [1.807, 2.05) is 25.1 Å². The predicted molar refractivity (Wildman–Crippen MR) is 77.5 cm³/mol.